The highest BCUT2D eigenvalue weighted by atomic mass is 32.1. The van der Waals surface area contributed by atoms with Gasteiger partial charge in [-0.1, -0.05) is 24.3 Å². The standard InChI is InChI=1S/C20H22N4OS/c21-19(25)16-5-3-4-15(14-16)8-9-23-10-12-24(13-11-23)20-17-6-1-2-7-18(17)26-22-20/h1-7,14H,8-13H2,(H2,21,25). The molecule has 1 aromatic heterocycles. The number of amides is 1. The maximum absolute atomic E-state index is 11.3. The molecule has 26 heavy (non-hydrogen) atoms. The third kappa shape index (κ3) is 3.57. The fraction of sp³-hybridized carbons (Fsp3) is 0.300. The lowest BCUT2D eigenvalue weighted by molar-refractivity contribution is 0.1000. The Morgan fingerprint density at radius 2 is 1.88 bits per heavy atom. The van der Waals surface area contributed by atoms with E-state index in [0.717, 1.165) is 50.5 Å². The van der Waals surface area contributed by atoms with Crippen LogP contribution < -0.4 is 10.6 Å². The van der Waals surface area contributed by atoms with Gasteiger partial charge in [0.05, 0.1) is 4.70 Å². The molecule has 3 aromatic rings. The van der Waals surface area contributed by atoms with Crippen LogP contribution in [0.3, 0.4) is 0 Å². The highest BCUT2D eigenvalue weighted by Crippen LogP contribution is 2.29. The second-order valence-corrected chi connectivity index (χ2v) is 7.45. The van der Waals surface area contributed by atoms with E-state index in [9.17, 15) is 4.79 Å². The van der Waals surface area contributed by atoms with E-state index in [1.807, 2.05) is 12.1 Å². The number of hydrogen-bond acceptors (Lipinski definition) is 5. The second kappa shape index (κ2) is 7.43. The summed E-state index contributed by atoms with van der Waals surface area (Å²) in [5, 5.41) is 1.26. The van der Waals surface area contributed by atoms with Crippen molar-refractivity contribution >= 4 is 33.3 Å². The summed E-state index contributed by atoms with van der Waals surface area (Å²) < 4.78 is 5.92. The summed E-state index contributed by atoms with van der Waals surface area (Å²) in [6.45, 7) is 5.04. The van der Waals surface area contributed by atoms with Crippen LogP contribution in [0.1, 0.15) is 15.9 Å². The molecule has 0 spiro atoms. The topological polar surface area (TPSA) is 62.5 Å². The number of benzene rings is 2. The predicted octanol–water partition coefficient (Wildman–Crippen LogP) is 2.76. The molecular formula is C20H22N4OS. The number of piperazine rings is 1. The Morgan fingerprint density at radius 1 is 1.08 bits per heavy atom. The Bertz CT molecular complexity index is 915. The van der Waals surface area contributed by atoms with Crippen molar-refractivity contribution in [1.82, 2.24) is 9.27 Å². The van der Waals surface area contributed by atoms with Gasteiger partial charge in [0, 0.05) is 43.7 Å². The SMILES string of the molecule is NC(=O)c1cccc(CCN2CCN(c3nsc4ccccc34)CC2)c1. The van der Waals surface area contributed by atoms with E-state index in [2.05, 4.69) is 44.5 Å². The summed E-state index contributed by atoms with van der Waals surface area (Å²) in [6.07, 6.45) is 0.931. The summed E-state index contributed by atoms with van der Waals surface area (Å²) in [7, 11) is 0. The molecule has 134 valence electrons. The fourth-order valence-corrected chi connectivity index (χ4v) is 4.25. The van der Waals surface area contributed by atoms with Gasteiger partial charge in [-0.25, -0.2) is 0 Å². The molecule has 6 heteroatoms. The van der Waals surface area contributed by atoms with Crippen LogP contribution in [-0.2, 0) is 6.42 Å². The minimum Gasteiger partial charge on any atom is -0.366 e. The van der Waals surface area contributed by atoms with Crippen LogP contribution in [0.25, 0.3) is 10.1 Å². The molecule has 0 saturated carbocycles. The van der Waals surface area contributed by atoms with Gasteiger partial charge in [0.1, 0.15) is 5.82 Å². The lowest BCUT2D eigenvalue weighted by Crippen LogP contribution is -2.47. The number of nitrogens with zero attached hydrogens (tertiary/aromatic N) is 3. The molecule has 2 aromatic carbocycles. The highest BCUT2D eigenvalue weighted by molar-refractivity contribution is 7.13. The summed E-state index contributed by atoms with van der Waals surface area (Å²) in [6, 6.07) is 16.1. The molecule has 1 aliphatic heterocycles. The summed E-state index contributed by atoms with van der Waals surface area (Å²) in [5.74, 6) is 0.760. The number of nitrogens with two attached hydrogens (primary N) is 1. The average molecular weight is 366 g/mol. The number of hydrogen-bond donors (Lipinski definition) is 1. The van der Waals surface area contributed by atoms with Gasteiger partial charge in [0.25, 0.3) is 0 Å². The van der Waals surface area contributed by atoms with Gasteiger partial charge in [-0.2, -0.15) is 4.37 Å². The zero-order chi connectivity index (χ0) is 17.9. The van der Waals surface area contributed by atoms with Gasteiger partial charge in [-0.3, -0.25) is 9.69 Å². The molecule has 0 radical (unpaired) electrons. The van der Waals surface area contributed by atoms with Crippen LogP contribution >= 0.6 is 11.5 Å². The van der Waals surface area contributed by atoms with Gasteiger partial charge in [0.15, 0.2) is 0 Å². The van der Waals surface area contributed by atoms with Gasteiger partial charge >= 0.3 is 0 Å². The molecule has 1 amide bonds. The molecular weight excluding hydrogens is 344 g/mol. The third-order valence-electron chi connectivity index (χ3n) is 4.96. The van der Waals surface area contributed by atoms with Crippen molar-refractivity contribution in [3.05, 3.63) is 59.7 Å². The number of carbonyl (C=O) groups excluding carboxylic acids is 1. The quantitative estimate of drug-likeness (QED) is 0.754. The third-order valence-corrected chi connectivity index (χ3v) is 5.78. The van der Waals surface area contributed by atoms with Crippen molar-refractivity contribution in [1.29, 1.82) is 0 Å². The van der Waals surface area contributed by atoms with Crippen molar-refractivity contribution in [2.24, 2.45) is 5.73 Å². The lowest BCUT2D eigenvalue weighted by atomic mass is 10.1. The van der Waals surface area contributed by atoms with Crippen LogP contribution in [0, 0.1) is 0 Å². The number of aromatic nitrogens is 1. The van der Waals surface area contributed by atoms with E-state index < -0.39 is 0 Å². The summed E-state index contributed by atoms with van der Waals surface area (Å²) in [4.78, 5) is 16.2. The van der Waals surface area contributed by atoms with Gasteiger partial charge in [0.2, 0.25) is 5.91 Å². The van der Waals surface area contributed by atoms with Crippen LogP contribution in [0.4, 0.5) is 5.82 Å². The number of rotatable bonds is 5. The first-order valence-electron chi connectivity index (χ1n) is 8.91. The summed E-state index contributed by atoms with van der Waals surface area (Å²) >= 11 is 1.58. The van der Waals surface area contributed by atoms with Crippen molar-refractivity contribution in [3.63, 3.8) is 0 Å². The van der Waals surface area contributed by atoms with Gasteiger partial charge in [-0.05, 0) is 47.8 Å². The molecule has 1 fully saturated rings. The molecule has 1 saturated heterocycles. The molecule has 0 aliphatic carbocycles. The molecule has 2 N–H and O–H groups in total. The van der Waals surface area contributed by atoms with E-state index in [1.165, 1.54) is 10.1 Å². The maximum atomic E-state index is 11.3. The summed E-state index contributed by atoms with van der Waals surface area (Å²) in [5.41, 5.74) is 7.11. The number of fused-ring (bicyclic) bond motifs is 1. The van der Waals surface area contributed by atoms with Crippen molar-refractivity contribution in [2.75, 3.05) is 37.6 Å². The minimum atomic E-state index is -0.365. The van der Waals surface area contributed by atoms with E-state index in [-0.39, 0.29) is 5.91 Å². The Balaban J connectivity index is 1.34. The first-order valence-corrected chi connectivity index (χ1v) is 9.68. The molecule has 2 heterocycles. The van der Waals surface area contributed by atoms with Gasteiger partial charge in [-0.15, -0.1) is 0 Å². The number of anilines is 1. The Labute approximate surface area is 157 Å². The molecule has 1 aliphatic rings. The van der Waals surface area contributed by atoms with E-state index >= 15 is 0 Å². The largest absolute Gasteiger partial charge is 0.366 e. The van der Waals surface area contributed by atoms with E-state index in [0.29, 0.717) is 5.56 Å². The van der Waals surface area contributed by atoms with E-state index in [4.69, 9.17) is 5.73 Å². The van der Waals surface area contributed by atoms with Crippen molar-refractivity contribution in [2.45, 2.75) is 6.42 Å². The zero-order valence-corrected chi connectivity index (χ0v) is 15.4. The number of primary amides is 1. The first kappa shape index (κ1) is 17.0. The second-order valence-electron chi connectivity index (χ2n) is 6.65. The van der Waals surface area contributed by atoms with Crippen LogP contribution in [0.2, 0.25) is 0 Å². The molecule has 0 bridgehead atoms. The molecule has 0 atom stereocenters. The van der Waals surface area contributed by atoms with Crippen molar-refractivity contribution < 1.29 is 4.79 Å². The zero-order valence-electron chi connectivity index (χ0n) is 14.6. The van der Waals surface area contributed by atoms with Crippen LogP contribution in [0.15, 0.2) is 48.5 Å². The first-order chi connectivity index (χ1) is 12.7. The lowest BCUT2D eigenvalue weighted by Gasteiger charge is -2.35. The van der Waals surface area contributed by atoms with Crippen molar-refractivity contribution in [3.8, 4) is 0 Å². The fourth-order valence-electron chi connectivity index (χ4n) is 3.45. The molecule has 0 unspecified atom stereocenters. The highest BCUT2D eigenvalue weighted by Gasteiger charge is 2.20. The Kier molecular flexibility index (Phi) is 4.86. The molecule has 5 nitrogen and oxygen atoms in total. The van der Waals surface area contributed by atoms with Crippen LogP contribution in [0.5, 0.6) is 0 Å². The minimum absolute atomic E-state index is 0.365. The Hall–Kier alpha value is -2.44. The van der Waals surface area contributed by atoms with E-state index in [1.54, 1.807) is 17.6 Å². The molecule has 4 rings (SSSR count). The number of carbonyl (C=O) groups is 1. The smallest absolute Gasteiger partial charge is 0.248 e. The van der Waals surface area contributed by atoms with Crippen LogP contribution in [-0.4, -0.2) is 47.9 Å². The normalized spacial score (nSPS) is 15.5. The van der Waals surface area contributed by atoms with Gasteiger partial charge < -0.3 is 10.6 Å². The Morgan fingerprint density at radius 3 is 2.69 bits per heavy atom. The predicted molar refractivity (Wildman–Crippen MR) is 107 cm³/mol. The maximum Gasteiger partial charge on any atom is 0.248 e. The monoisotopic (exact) mass is 366 g/mol. The average Bonchev–Trinajstić information content (AvgIpc) is 3.11.